The predicted molar refractivity (Wildman–Crippen MR) is 201 cm³/mol. The third-order valence-electron chi connectivity index (χ3n) is 11.8. The molecule has 6 nitrogen and oxygen atoms in total. The van der Waals surface area contributed by atoms with Crippen LogP contribution in [0, 0.1) is 11.3 Å². The van der Waals surface area contributed by atoms with Crippen LogP contribution in [0.3, 0.4) is 0 Å². The number of aromatic nitrogens is 2. The molecule has 2 aliphatic carbocycles. The lowest BCUT2D eigenvalue weighted by Gasteiger charge is -2.56. The molecule has 0 amide bonds. The minimum atomic E-state index is -0.819. The summed E-state index contributed by atoms with van der Waals surface area (Å²) in [7, 11) is 1.69. The van der Waals surface area contributed by atoms with E-state index in [0.717, 1.165) is 41.0 Å². The minimum absolute atomic E-state index is 0.0579. The summed E-state index contributed by atoms with van der Waals surface area (Å²) in [6.07, 6.45) is 6.44. The smallest absolute Gasteiger partial charge is 0.303 e. The summed E-state index contributed by atoms with van der Waals surface area (Å²) < 4.78 is 14.4. The van der Waals surface area contributed by atoms with E-state index in [1.54, 1.807) is 18.2 Å². The maximum Gasteiger partial charge on any atom is 0.303 e. The van der Waals surface area contributed by atoms with E-state index in [-0.39, 0.29) is 17.3 Å². The lowest BCUT2D eigenvalue weighted by molar-refractivity contribution is -0.137. The van der Waals surface area contributed by atoms with Crippen LogP contribution < -0.4 is 9.47 Å². The Morgan fingerprint density at radius 2 is 1.80 bits per heavy atom. The summed E-state index contributed by atoms with van der Waals surface area (Å²) in [6, 6.07) is 30.4. The Hall–Kier alpha value is -4.58. The van der Waals surface area contributed by atoms with Gasteiger partial charge in [-0.1, -0.05) is 88.7 Å². The number of methoxy groups -OCH3 is 1. The quantitative estimate of drug-likeness (QED) is 0.142. The molecule has 1 aromatic heterocycles. The Morgan fingerprint density at radius 1 is 0.980 bits per heavy atom. The van der Waals surface area contributed by atoms with E-state index in [0.29, 0.717) is 36.4 Å². The molecule has 0 radical (unpaired) electrons. The zero-order chi connectivity index (χ0) is 35.0. The van der Waals surface area contributed by atoms with E-state index >= 15 is 0 Å². The lowest BCUT2D eigenvalue weighted by Crippen LogP contribution is -2.50. The molecule has 0 aliphatic heterocycles. The van der Waals surface area contributed by atoms with E-state index in [9.17, 15) is 4.79 Å². The SMILES string of the molecule is COc1cc(OCCCC(=O)O)ccc1-c1nc2cc(-c3ccccc3)ccc2n1C[C@@]1(C)CCC[C@]2(C)c3ccc(C(C)C)cc3CC[C@@H]12. The van der Waals surface area contributed by atoms with Gasteiger partial charge in [-0.05, 0) is 107 Å². The fraction of sp³-hybridized carbons (Fsp3) is 0.409. The number of aliphatic carboxylic acids is 1. The molecule has 0 saturated heterocycles. The molecule has 50 heavy (non-hydrogen) atoms. The highest BCUT2D eigenvalue weighted by Crippen LogP contribution is 2.58. The van der Waals surface area contributed by atoms with Gasteiger partial charge in [-0.2, -0.15) is 0 Å². The summed E-state index contributed by atoms with van der Waals surface area (Å²) in [6.45, 7) is 10.8. The Balaban J connectivity index is 1.30. The second-order valence-electron chi connectivity index (χ2n) is 15.4. The number of fused-ring (bicyclic) bond motifs is 4. The maximum atomic E-state index is 11.0. The fourth-order valence-electron chi connectivity index (χ4n) is 9.22. The largest absolute Gasteiger partial charge is 0.496 e. The highest BCUT2D eigenvalue weighted by atomic mass is 16.5. The number of aryl methyl sites for hydroxylation is 1. The second-order valence-corrected chi connectivity index (χ2v) is 15.4. The van der Waals surface area contributed by atoms with Crippen LogP contribution in [0.2, 0.25) is 0 Å². The second kappa shape index (κ2) is 13.6. The first-order valence-corrected chi connectivity index (χ1v) is 18.3. The molecule has 1 fully saturated rings. The molecule has 1 heterocycles. The number of rotatable bonds is 11. The van der Waals surface area contributed by atoms with Crippen molar-refractivity contribution in [3.8, 4) is 34.0 Å². The van der Waals surface area contributed by atoms with Gasteiger partial charge in [0.2, 0.25) is 0 Å². The molecule has 4 aromatic carbocycles. The highest BCUT2D eigenvalue weighted by Gasteiger charge is 2.52. The van der Waals surface area contributed by atoms with Crippen LogP contribution in [0.5, 0.6) is 11.5 Å². The van der Waals surface area contributed by atoms with Gasteiger partial charge in [0, 0.05) is 19.0 Å². The van der Waals surface area contributed by atoms with Crippen molar-refractivity contribution >= 4 is 17.0 Å². The van der Waals surface area contributed by atoms with Gasteiger partial charge in [0.25, 0.3) is 0 Å². The molecule has 260 valence electrons. The third kappa shape index (κ3) is 6.29. The van der Waals surface area contributed by atoms with Crippen molar-refractivity contribution in [2.75, 3.05) is 13.7 Å². The fourth-order valence-corrected chi connectivity index (χ4v) is 9.22. The summed E-state index contributed by atoms with van der Waals surface area (Å²) in [5.74, 6) is 2.49. The molecule has 6 heteroatoms. The van der Waals surface area contributed by atoms with Crippen molar-refractivity contribution in [1.29, 1.82) is 0 Å². The number of nitrogens with zero attached hydrogens (tertiary/aromatic N) is 2. The Labute approximate surface area is 296 Å². The van der Waals surface area contributed by atoms with Crippen LogP contribution in [0.4, 0.5) is 0 Å². The van der Waals surface area contributed by atoms with Crippen LogP contribution in [0.1, 0.15) is 88.8 Å². The molecule has 0 unspecified atom stereocenters. The van der Waals surface area contributed by atoms with E-state index in [1.807, 2.05) is 24.3 Å². The molecule has 0 spiro atoms. The van der Waals surface area contributed by atoms with Crippen LogP contribution in [0.15, 0.2) is 84.9 Å². The Bertz CT molecular complexity index is 2010. The average molecular weight is 671 g/mol. The maximum absolute atomic E-state index is 11.0. The number of hydrogen-bond donors (Lipinski definition) is 1. The van der Waals surface area contributed by atoms with Gasteiger partial charge in [0.1, 0.15) is 17.3 Å². The van der Waals surface area contributed by atoms with E-state index in [2.05, 4.69) is 92.9 Å². The summed E-state index contributed by atoms with van der Waals surface area (Å²) in [5, 5.41) is 9.02. The number of hydrogen-bond acceptors (Lipinski definition) is 4. The van der Waals surface area contributed by atoms with Crippen molar-refractivity contribution in [3.63, 3.8) is 0 Å². The average Bonchev–Trinajstić information content (AvgIpc) is 3.46. The minimum Gasteiger partial charge on any atom is -0.496 e. The molecular formula is C44H50N2O4. The number of benzene rings is 4. The van der Waals surface area contributed by atoms with Gasteiger partial charge >= 0.3 is 5.97 Å². The summed E-state index contributed by atoms with van der Waals surface area (Å²) >= 11 is 0. The molecular weight excluding hydrogens is 620 g/mol. The Kier molecular flexibility index (Phi) is 9.23. The lowest BCUT2D eigenvalue weighted by atomic mass is 9.49. The van der Waals surface area contributed by atoms with E-state index in [4.69, 9.17) is 19.6 Å². The zero-order valence-electron chi connectivity index (χ0n) is 30.2. The number of carboxylic acid groups (broad SMARTS) is 1. The normalized spacial score (nSPS) is 21.5. The zero-order valence-corrected chi connectivity index (χ0v) is 30.2. The van der Waals surface area contributed by atoms with Crippen molar-refractivity contribution in [2.24, 2.45) is 11.3 Å². The van der Waals surface area contributed by atoms with Crippen LogP contribution in [-0.4, -0.2) is 34.3 Å². The first kappa shape index (κ1) is 33.9. The van der Waals surface area contributed by atoms with Gasteiger partial charge in [0.15, 0.2) is 0 Å². The van der Waals surface area contributed by atoms with Gasteiger partial charge in [-0.3, -0.25) is 4.79 Å². The van der Waals surface area contributed by atoms with Gasteiger partial charge < -0.3 is 19.1 Å². The molecule has 1 N–H and O–H groups in total. The van der Waals surface area contributed by atoms with Crippen LogP contribution >= 0.6 is 0 Å². The Morgan fingerprint density at radius 3 is 2.56 bits per heavy atom. The molecule has 5 aromatic rings. The molecule has 2 aliphatic rings. The highest BCUT2D eigenvalue weighted by molar-refractivity contribution is 5.86. The molecule has 0 bridgehead atoms. The first-order chi connectivity index (χ1) is 24.1. The van der Waals surface area contributed by atoms with E-state index in [1.165, 1.54) is 36.8 Å². The number of carbonyl (C=O) groups is 1. The monoisotopic (exact) mass is 670 g/mol. The molecule has 7 rings (SSSR count). The number of ether oxygens (including phenoxy) is 2. The van der Waals surface area contributed by atoms with Gasteiger partial charge in [0.05, 0.1) is 30.3 Å². The summed E-state index contributed by atoms with van der Waals surface area (Å²) in [5.41, 5.74) is 10.1. The van der Waals surface area contributed by atoms with Crippen molar-refractivity contribution < 1.29 is 19.4 Å². The van der Waals surface area contributed by atoms with Crippen LogP contribution in [0.25, 0.3) is 33.5 Å². The van der Waals surface area contributed by atoms with Gasteiger partial charge in [-0.15, -0.1) is 0 Å². The summed E-state index contributed by atoms with van der Waals surface area (Å²) in [4.78, 5) is 16.3. The third-order valence-corrected chi connectivity index (χ3v) is 11.8. The predicted octanol–water partition coefficient (Wildman–Crippen LogP) is 10.5. The number of imidazole rings is 1. The van der Waals surface area contributed by atoms with Crippen molar-refractivity contribution in [2.45, 2.75) is 90.5 Å². The van der Waals surface area contributed by atoms with E-state index < -0.39 is 5.97 Å². The van der Waals surface area contributed by atoms with Crippen molar-refractivity contribution in [1.82, 2.24) is 9.55 Å². The molecule has 1 saturated carbocycles. The first-order valence-electron chi connectivity index (χ1n) is 18.3. The van der Waals surface area contributed by atoms with Gasteiger partial charge in [-0.25, -0.2) is 4.98 Å². The standard InChI is InChI=1S/C44H50N2O4/c1-29(2)31-14-19-36-33(25-31)16-21-40-43(3,22-10-23-44(36,40)4)28-46-38-20-15-32(30-11-7-6-8-12-30)26-37(38)45-42(46)35-18-17-34(27-39(35)49-5)50-24-9-13-41(47)48/h6-8,11-12,14-15,17-20,25-27,29,40H,9-10,13,16,21-24,28H2,1-5H3,(H,47,48)/t40-,43+,44+/m0/s1. The number of carboxylic acids is 1. The topological polar surface area (TPSA) is 73.6 Å². The molecule has 3 atom stereocenters. The van der Waals surface area contributed by atoms with Crippen LogP contribution in [-0.2, 0) is 23.2 Å². The van der Waals surface area contributed by atoms with Crippen molar-refractivity contribution in [3.05, 3.63) is 102 Å².